The van der Waals surface area contributed by atoms with Crippen LogP contribution in [0.25, 0.3) is 0 Å². The van der Waals surface area contributed by atoms with Crippen LogP contribution >= 0.6 is 0 Å². The van der Waals surface area contributed by atoms with E-state index in [4.69, 9.17) is 0 Å². The Morgan fingerprint density at radius 2 is 1.89 bits per heavy atom. The number of hydrogen-bond acceptors (Lipinski definition) is 3. The third-order valence-corrected chi connectivity index (χ3v) is 6.56. The molecule has 106 valence electrons. The molecule has 18 heavy (non-hydrogen) atoms. The molecule has 4 unspecified atom stereocenters. The maximum atomic E-state index is 12.3. The Labute approximate surface area is 111 Å². The van der Waals surface area contributed by atoms with Crippen molar-refractivity contribution >= 4 is 10.0 Å². The van der Waals surface area contributed by atoms with E-state index in [1.807, 2.05) is 0 Å². The zero-order valence-corrected chi connectivity index (χ0v) is 12.3. The average molecular weight is 274 g/mol. The molecule has 1 aliphatic carbocycles. The molecule has 2 rings (SSSR count). The van der Waals surface area contributed by atoms with Gasteiger partial charge < -0.3 is 5.32 Å². The molecule has 0 bridgehead atoms. The van der Waals surface area contributed by atoms with Crippen molar-refractivity contribution in [2.75, 3.05) is 13.1 Å². The molecule has 0 radical (unpaired) electrons. The highest BCUT2D eigenvalue weighted by molar-refractivity contribution is 7.90. The monoisotopic (exact) mass is 274 g/mol. The lowest BCUT2D eigenvalue weighted by molar-refractivity contribution is 0.241. The second-order valence-electron chi connectivity index (χ2n) is 6.10. The Bertz CT molecular complexity index is 363. The van der Waals surface area contributed by atoms with Gasteiger partial charge in [-0.15, -0.1) is 0 Å². The summed E-state index contributed by atoms with van der Waals surface area (Å²) in [4.78, 5) is 0. The molecule has 1 heterocycles. The van der Waals surface area contributed by atoms with Crippen LogP contribution in [0.2, 0.25) is 0 Å². The Morgan fingerprint density at radius 1 is 1.11 bits per heavy atom. The van der Waals surface area contributed by atoms with Crippen LogP contribution in [0.1, 0.15) is 46.0 Å². The third-order valence-electron chi connectivity index (χ3n) is 4.62. The quantitative estimate of drug-likeness (QED) is 0.819. The summed E-state index contributed by atoms with van der Waals surface area (Å²) in [5.41, 5.74) is 0. The van der Waals surface area contributed by atoms with Gasteiger partial charge in [0, 0.05) is 12.6 Å². The lowest BCUT2D eigenvalue weighted by Gasteiger charge is -2.33. The van der Waals surface area contributed by atoms with E-state index in [0.717, 1.165) is 44.6 Å². The Kier molecular flexibility index (Phi) is 4.67. The van der Waals surface area contributed by atoms with Crippen LogP contribution in [0, 0.1) is 11.8 Å². The van der Waals surface area contributed by atoms with Crippen LogP contribution < -0.4 is 10.0 Å². The average Bonchev–Trinajstić information content (AvgIpc) is 2.35. The topological polar surface area (TPSA) is 58.2 Å². The van der Waals surface area contributed by atoms with E-state index in [2.05, 4.69) is 23.9 Å². The summed E-state index contributed by atoms with van der Waals surface area (Å²) in [6.45, 7) is 6.05. The molecule has 0 aromatic heterocycles. The summed E-state index contributed by atoms with van der Waals surface area (Å²) in [5, 5.41) is 2.94. The summed E-state index contributed by atoms with van der Waals surface area (Å²) in [6, 6.07) is 0.156. The SMILES string of the molecule is CC1CCC(NS(=O)(=O)C2CCCNC2)CC1C. The molecular weight excluding hydrogens is 248 g/mol. The molecule has 1 aliphatic heterocycles. The Morgan fingerprint density at radius 3 is 2.50 bits per heavy atom. The van der Waals surface area contributed by atoms with Crippen molar-refractivity contribution < 1.29 is 8.42 Å². The molecule has 1 saturated carbocycles. The van der Waals surface area contributed by atoms with Gasteiger partial charge in [0.15, 0.2) is 0 Å². The van der Waals surface area contributed by atoms with Crippen molar-refractivity contribution in [2.45, 2.75) is 57.2 Å². The van der Waals surface area contributed by atoms with E-state index in [1.165, 1.54) is 0 Å². The van der Waals surface area contributed by atoms with Crippen molar-refractivity contribution in [1.82, 2.24) is 10.0 Å². The number of piperidine rings is 1. The lowest BCUT2D eigenvalue weighted by atomic mass is 9.79. The van der Waals surface area contributed by atoms with Gasteiger partial charge in [0.1, 0.15) is 0 Å². The predicted molar refractivity (Wildman–Crippen MR) is 73.9 cm³/mol. The normalized spacial score (nSPS) is 38.6. The zero-order valence-electron chi connectivity index (χ0n) is 11.5. The number of hydrogen-bond donors (Lipinski definition) is 2. The van der Waals surface area contributed by atoms with E-state index in [0.29, 0.717) is 12.5 Å². The molecule has 0 spiro atoms. The number of nitrogens with one attached hydrogen (secondary N) is 2. The predicted octanol–water partition coefficient (Wildman–Crippen LogP) is 1.48. The van der Waals surface area contributed by atoms with Crippen molar-refractivity contribution in [1.29, 1.82) is 0 Å². The van der Waals surface area contributed by atoms with Gasteiger partial charge in [0.2, 0.25) is 10.0 Å². The van der Waals surface area contributed by atoms with Gasteiger partial charge in [-0.25, -0.2) is 13.1 Å². The summed E-state index contributed by atoms with van der Waals surface area (Å²) in [5.74, 6) is 1.35. The van der Waals surface area contributed by atoms with Crippen LogP contribution in [0.5, 0.6) is 0 Å². The van der Waals surface area contributed by atoms with Crippen LogP contribution in [-0.2, 0) is 10.0 Å². The summed E-state index contributed by atoms with van der Waals surface area (Å²) in [6.07, 6.45) is 4.87. The van der Waals surface area contributed by atoms with Gasteiger partial charge in [-0.05, 0) is 50.5 Å². The van der Waals surface area contributed by atoms with Crippen LogP contribution in [0.15, 0.2) is 0 Å². The zero-order chi connectivity index (χ0) is 13.2. The largest absolute Gasteiger partial charge is 0.315 e. The fourth-order valence-corrected chi connectivity index (χ4v) is 4.75. The van der Waals surface area contributed by atoms with Gasteiger partial charge in [-0.3, -0.25) is 0 Å². The first-order chi connectivity index (χ1) is 8.49. The van der Waals surface area contributed by atoms with Gasteiger partial charge >= 0.3 is 0 Å². The van der Waals surface area contributed by atoms with Crippen LogP contribution in [0.3, 0.4) is 0 Å². The van der Waals surface area contributed by atoms with E-state index in [-0.39, 0.29) is 11.3 Å². The van der Waals surface area contributed by atoms with Gasteiger partial charge in [0.25, 0.3) is 0 Å². The van der Waals surface area contributed by atoms with Crippen molar-refractivity contribution in [3.05, 3.63) is 0 Å². The molecule has 4 nitrogen and oxygen atoms in total. The minimum Gasteiger partial charge on any atom is -0.315 e. The molecular formula is C13H26N2O2S. The minimum absolute atomic E-state index is 0.156. The molecule has 0 amide bonds. The van der Waals surface area contributed by atoms with E-state index >= 15 is 0 Å². The summed E-state index contributed by atoms with van der Waals surface area (Å²) >= 11 is 0. The molecule has 0 aromatic rings. The second kappa shape index (κ2) is 5.88. The number of rotatable bonds is 3. The number of sulfonamides is 1. The maximum absolute atomic E-state index is 12.3. The van der Waals surface area contributed by atoms with Gasteiger partial charge in [-0.1, -0.05) is 13.8 Å². The van der Waals surface area contributed by atoms with E-state index < -0.39 is 10.0 Å². The van der Waals surface area contributed by atoms with E-state index in [9.17, 15) is 8.42 Å². The highest BCUT2D eigenvalue weighted by Crippen LogP contribution is 2.30. The highest BCUT2D eigenvalue weighted by atomic mass is 32.2. The fourth-order valence-electron chi connectivity index (χ4n) is 3.07. The third kappa shape index (κ3) is 3.45. The molecule has 2 aliphatic rings. The Hall–Kier alpha value is -0.130. The van der Waals surface area contributed by atoms with Gasteiger partial charge in [-0.2, -0.15) is 0 Å². The second-order valence-corrected chi connectivity index (χ2v) is 8.09. The van der Waals surface area contributed by atoms with Crippen molar-refractivity contribution in [2.24, 2.45) is 11.8 Å². The Balaban J connectivity index is 1.91. The molecule has 1 saturated heterocycles. The molecule has 4 atom stereocenters. The molecule has 0 aromatic carbocycles. The van der Waals surface area contributed by atoms with E-state index in [1.54, 1.807) is 0 Å². The molecule has 2 fully saturated rings. The molecule has 2 N–H and O–H groups in total. The van der Waals surface area contributed by atoms with Crippen molar-refractivity contribution in [3.63, 3.8) is 0 Å². The highest BCUT2D eigenvalue weighted by Gasteiger charge is 2.32. The van der Waals surface area contributed by atoms with Crippen LogP contribution in [-0.4, -0.2) is 32.8 Å². The van der Waals surface area contributed by atoms with Crippen molar-refractivity contribution in [3.8, 4) is 0 Å². The first kappa shape index (κ1) is 14.3. The summed E-state index contributed by atoms with van der Waals surface area (Å²) < 4.78 is 27.5. The van der Waals surface area contributed by atoms with Crippen LogP contribution in [0.4, 0.5) is 0 Å². The maximum Gasteiger partial charge on any atom is 0.215 e. The first-order valence-electron chi connectivity index (χ1n) is 7.21. The minimum atomic E-state index is -3.14. The smallest absolute Gasteiger partial charge is 0.215 e. The molecule has 5 heteroatoms. The van der Waals surface area contributed by atoms with Gasteiger partial charge in [0.05, 0.1) is 5.25 Å². The first-order valence-corrected chi connectivity index (χ1v) is 8.75. The fraction of sp³-hybridized carbons (Fsp3) is 1.00. The summed E-state index contributed by atoms with van der Waals surface area (Å²) in [7, 11) is -3.14. The lowest BCUT2D eigenvalue weighted by Crippen LogP contribution is -2.48. The standard InChI is InChI=1S/C13H26N2O2S/c1-10-5-6-12(8-11(10)2)15-18(16,17)13-4-3-7-14-9-13/h10-15H,3-9H2,1-2H3.